The minimum absolute atomic E-state index is 0.196. The summed E-state index contributed by atoms with van der Waals surface area (Å²) in [6.45, 7) is 0.196. The van der Waals surface area contributed by atoms with Gasteiger partial charge in [-0.15, -0.1) is 0 Å². The summed E-state index contributed by atoms with van der Waals surface area (Å²) in [6.07, 6.45) is 6.67. The van der Waals surface area contributed by atoms with Crippen molar-refractivity contribution in [1.82, 2.24) is 4.72 Å². The minimum Gasteiger partial charge on any atom is -0.389 e. The lowest BCUT2D eigenvalue weighted by Crippen LogP contribution is -2.42. The van der Waals surface area contributed by atoms with E-state index >= 15 is 0 Å². The van der Waals surface area contributed by atoms with E-state index in [0.717, 1.165) is 44.9 Å². The van der Waals surface area contributed by atoms with Gasteiger partial charge in [0.1, 0.15) is 0 Å². The van der Waals surface area contributed by atoms with Crippen LogP contribution in [-0.2, 0) is 10.0 Å². The van der Waals surface area contributed by atoms with Crippen LogP contribution in [0.25, 0.3) is 0 Å². The predicted molar refractivity (Wildman–Crippen MR) is 62.5 cm³/mol. The van der Waals surface area contributed by atoms with E-state index in [-0.39, 0.29) is 12.3 Å². The van der Waals surface area contributed by atoms with E-state index in [1.807, 2.05) is 0 Å². The Morgan fingerprint density at radius 1 is 1.19 bits per heavy atom. The maximum atomic E-state index is 11.7. The maximum absolute atomic E-state index is 11.7. The third-order valence-corrected chi connectivity index (χ3v) is 5.33. The molecule has 0 amide bonds. The average molecular weight is 247 g/mol. The Morgan fingerprint density at radius 3 is 2.31 bits per heavy atom. The normalized spacial score (nSPS) is 25.6. The number of rotatable bonds is 5. The van der Waals surface area contributed by atoms with E-state index in [1.54, 1.807) is 0 Å². The number of nitrogens with one attached hydrogen (secondary N) is 1. The second-order valence-electron chi connectivity index (χ2n) is 5.33. The third kappa shape index (κ3) is 3.18. The van der Waals surface area contributed by atoms with Gasteiger partial charge in [-0.05, 0) is 31.6 Å². The molecule has 0 atom stereocenters. The number of aliphatic hydroxyl groups is 1. The first-order valence-electron chi connectivity index (χ1n) is 6.19. The molecule has 0 unspecified atom stereocenters. The van der Waals surface area contributed by atoms with Crippen molar-refractivity contribution in [3.63, 3.8) is 0 Å². The molecule has 0 aromatic carbocycles. The Morgan fingerprint density at radius 2 is 1.81 bits per heavy atom. The molecule has 0 saturated heterocycles. The molecule has 0 aromatic heterocycles. The van der Waals surface area contributed by atoms with Crippen LogP contribution in [0.15, 0.2) is 0 Å². The molecule has 0 heterocycles. The lowest BCUT2D eigenvalue weighted by Gasteiger charge is -2.27. The van der Waals surface area contributed by atoms with Gasteiger partial charge in [-0.2, -0.15) is 0 Å². The first-order chi connectivity index (χ1) is 7.49. The molecular weight excluding hydrogens is 226 g/mol. The molecule has 0 radical (unpaired) electrons. The SMILES string of the molecule is O=S(=O)(CC1CCC1)NCC1(O)CCCC1. The maximum Gasteiger partial charge on any atom is 0.211 e. The molecule has 2 aliphatic rings. The van der Waals surface area contributed by atoms with Crippen molar-refractivity contribution in [2.24, 2.45) is 5.92 Å². The van der Waals surface area contributed by atoms with Gasteiger partial charge in [0.15, 0.2) is 0 Å². The van der Waals surface area contributed by atoms with E-state index in [9.17, 15) is 13.5 Å². The first-order valence-corrected chi connectivity index (χ1v) is 7.84. The van der Waals surface area contributed by atoms with Crippen LogP contribution in [0.4, 0.5) is 0 Å². The molecule has 2 N–H and O–H groups in total. The van der Waals surface area contributed by atoms with Crippen LogP contribution in [0, 0.1) is 5.92 Å². The monoisotopic (exact) mass is 247 g/mol. The highest BCUT2D eigenvalue weighted by atomic mass is 32.2. The van der Waals surface area contributed by atoms with Crippen LogP contribution < -0.4 is 4.72 Å². The molecule has 0 spiro atoms. The summed E-state index contributed by atoms with van der Waals surface area (Å²) in [5.74, 6) is 0.582. The van der Waals surface area contributed by atoms with Crippen LogP contribution >= 0.6 is 0 Å². The van der Waals surface area contributed by atoms with Crippen molar-refractivity contribution in [2.75, 3.05) is 12.3 Å². The highest BCUT2D eigenvalue weighted by Crippen LogP contribution is 2.30. The lowest BCUT2D eigenvalue weighted by atomic mass is 9.87. The van der Waals surface area contributed by atoms with E-state index in [4.69, 9.17) is 0 Å². The van der Waals surface area contributed by atoms with Crippen molar-refractivity contribution in [3.05, 3.63) is 0 Å². The van der Waals surface area contributed by atoms with Gasteiger partial charge >= 0.3 is 0 Å². The molecule has 0 bridgehead atoms. The fourth-order valence-electron chi connectivity index (χ4n) is 2.48. The molecule has 2 aliphatic carbocycles. The summed E-state index contributed by atoms with van der Waals surface area (Å²) in [4.78, 5) is 0. The van der Waals surface area contributed by atoms with Crippen molar-refractivity contribution in [3.8, 4) is 0 Å². The summed E-state index contributed by atoms with van der Waals surface area (Å²) in [5.41, 5.74) is -0.785. The van der Waals surface area contributed by atoms with Crippen LogP contribution in [-0.4, -0.2) is 31.4 Å². The van der Waals surface area contributed by atoms with Gasteiger partial charge in [-0.1, -0.05) is 19.3 Å². The Labute approximate surface area is 97.5 Å². The molecule has 5 heteroatoms. The van der Waals surface area contributed by atoms with E-state index in [1.165, 1.54) is 0 Å². The second-order valence-corrected chi connectivity index (χ2v) is 7.18. The largest absolute Gasteiger partial charge is 0.389 e. The van der Waals surface area contributed by atoms with Crippen LogP contribution in [0.2, 0.25) is 0 Å². The van der Waals surface area contributed by atoms with Crippen molar-refractivity contribution in [1.29, 1.82) is 0 Å². The van der Waals surface area contributed by atoms with Crippen LogP contribution in [0.1, 0.15) is 44.9 Å². The fraction of sp³-hybridized carbons (Fsp3) is 1.00. The van der Waals surface area contributed by atoms with E-state index in [0.29, 0.717) is 5.92 Å². The van der Waals surface area contributed by atoms with Gasteiger partial charge in [0.05, 0.1) is 11.4 Å². The third-order valence-electron chi connectivity index (χ3n) is 3.84. The van der Waals surface area contributed by atoms with Crippen molar-refractivity contribution in [2.45, 2.75) is 50.5 Å². The highest BCUT2D eigenvalue weighted by molar-refractivity contribution is 7.89. The zero-order valence-electron chi connectivity index (χ0n) is 9.61. The van der Waals surface area contributed by atoms with E-state index < -0.39 is 15.6 Å². The van der Waals surface area contributed by atoms with Gasteiger partial charge in [-0.25, -0.2) is 13.1 Å². The topological polar surface area (TPSA) is 66.4 Å². The number of hydrogen-bond donors (Lipinski definition) is 2. The molecule has 4 nitrogen and oxygen atoms in total. The molecule has 0 aliphatic heterocycles. The number of hydrogen-bond acceptors (Lipinski definition) is 3. The van der Waals surface area contributed by atoms with Crippen LogP contribution in [0.3, 0.4) is 0 Å². The standard InChI is InChI=1S/C11H21NO3S/c13-11(6-1-2-7-11)9-12-16(14,15)8-10-4-3-5-10/h10,12-13H,1-9H2. The average Bonchev–Trinajstić information content (AvgIpc) is 2.58. The predicted octanol–water partition coefficient (Wildman–Crippen LogP) is 1.01. The fourth-order valence-corrected chi connectivity index (χ4v) is 4.04. The smallest absolute Gasteiger partial charge is 0.211 e. The lowest BCUT2D eigenvalue weighted by molar-refractivity contribution is 0.0531. The Hall–Kier alpha value is -0.130. The Kier molecular flexibility index (Phi) is 3.56. The summed E-state index contributed by atoms with van der Waals surface area (Å²) >= 11 is 0. The van der Waals surface area contributed by atoms with Gasteiger partial charge in [0.2, 0.25) is 10.0 Å². The van der Waals surface area contributed by atoms with Crippen molar-refractivity contribution >= 4 is 10.0 Å². The summed E-state index contributed by atoms with van der Waals surface area (Å²) in [7, 11) is -3.18. The Balaban J connectivity index is 1.79. The molecule has 16 heavy (non-hydrogen) atoms. The molecule has 0 aromatic rings. The molecule has 94 valence electrons. The molecular formula is C11H21NO3S. The van der Waals surface area contributed by atoms with Crippen molar-refractivity contribution < 1.29 is 13.5 Å². The zero-order chi connectivity index (χ0) is 11.6. The van der Waals surface area contributed by atoms with Crippen LogP contribution in [0.5, 0.6) is 0 Å². The number of sulfonamides is 1. The molecule has 2 rings (SSSR count). The highest BCUT2D eigenvalue weighted by Gasteiger charge is 2.33. The molecule has 2 saturated carbocycles. The van der Waals surface area contributed by atoms with E-state index in [2.05, 4.69) is 4.72 Å². The summed E-state index contributed by atoms with van der Waals surface area (Å²) < 4.78 is 26.0. The van der Waals surface area contributed by atoms with Gasteiger partial charge in [0, 0.05) is 6.54 Å². The minimum atomic E-state index is -3.18. The Bertz CT molecular complexity index is 329. The second kappa shape index (κ2) is 4.63. The zero-order valence-corrected chi connectivity index (χ0v) is 10.4. The first kappa shape index (κ1) is 12.3. The van der Waals surface area contributed by atoms with Gasteiger partial charge in [-0.3, -0.25) is 0 Å². The van der Waals surface area contributed by atoms with Gasteiger partial charge in [0.25, 0.3) is 0 Å². The quantitative estimate of drug-likeness (QED) is 0.762. The van der Waals surface area contributed by atoms with Gasteiger partial charge < -0.3 is 5.11 Å². The summed E-state index contributed by atoms with van der Waals surface area (Å²) in [5, 5.41) is 10.0. The summed E-state index contributed by atoms with van der Waals surface area (Å²) in [6, 6.07) is 0. The molecule has 2 fully saturated rings.